The van der Waals surface area contributed by atoms with E-state index >= 15 is 0 Å². The van der Waals surface area contributed by atoms with E-state index in [0.29, 0.717) is 18.8 Å². The van der Waals surface area contributed by atoms with Crippen LogP contribution in [0.15, 0.2) is 67.0 Å². The average Bonchev–Trinajstić information content (AvgIpc) is 2.80. The highest BCUT2D eigenvalue weighted by Gasteiger charge is 2.53. The lowest BCUT2D eigenvalue weighted by atomic mass is 9.72. The van der Waals surface area contributed by atoms with E-state index < -0.39 is 17.7 Å². The summed E-state index contributed by atoms with van der Waals surface area (Å²) in [5.41, 5.74) is 2.53. The first-order chi connectivity index (χ1) is 15.6. The number of hydrogen-bond acceptors (Lipinski definition) is 4. The Labute approximate surface area is 184 Å². The van der Waals surface area contributed by atoms with Crippen LogP contribution in [-0.2, 0) is 6.54 Å². The number of anilines is 2. The molecule has 0 bridgehead atoms. The summed E-state index contributed by atoms with van der Waals surface area (Å²) in [6, 6.07) is 13.7. The highest BCUT2D eigenvalue weighted by atomic mass is 19.1. The Bertz CT molecular complexity index is 1140. The molecule has 2 amide bonds. The molecule has 0 unspecified atom stereocenters. The summed E-state index contributed by atoms with van der Waals surface area (Å²) in [4.78, 5) is 20.9. The van der Waals surface area contributed by atoms with Crippen molar-refractivity contribution in [1.29, 1.82) is 0 Å². The number of fused-ring (bicyclic) bond motifs is 3. The first-order valence-electron chi connectivity index (χ1n) is 10.4. The number of rotatable bonds is 4. The second kappa shape index (κ2) is 8.29. The molecule has 1 fully saturated rings. The number of aliphatic hydroxyl groups excluding tert-OH is 1. The van der Waals surface area contributed by atoms with Gasteiger partial charge in [0.2, 0.25) is 0 Å². The van der Waals surface area contributed by atoms with Crippen molar-refractivity contribution in [3.63, 3.8) is 0 Å². The van der Waals surface area contributed by atoms with Crippen LogP contribution >= 0.6 is 0 Å². The Balaban J connectivity index is 1.45. The summed E-state index contributed by atoms with van der Waals surface area (Å²) in [6.45, 7) is 0.985. The SMILES string of the molecule is O=C(Nc1cc(F)ccc1F)N1C[C@@H]2[C@H](c3ccccc31)[C@@H](CO)N2Cc1ccncc1. The number of benzene rings is 2. The fourth-order valence-electron chi connectivity index (χ4n) is 4.87. The Morgan fingerprint density at radius 2 is 1.91 bits per heavy atom. The molecule has 0 radical (unpaired) electrons. The zero-order valence-corrected chi connectivity index (χ0v) is 17.2. The summed E-state index contributed by atoms with van der Waals surface area (Å²) >= 11 is 0. The van der Waals surface area contributed by atoms with Gasteiger partial charge >= 0.3 is 6.03 Å². The molecule has 2 aromatic carbocycles. The predicted octanol–water partition coefficient (Wildman–Crippen LogP) is 3.74. The van der Waals surface area contributed by atoms with Crippen molar-refractivity contribution in [2.24, 2.45) is 0 Å². The number of likely N-dealkylation sites (tertiary alicyclic amines) is 1. The number of pyridine rings is 1. The van der Waals surface area contributed by atoms with Crippen LogP contribution in [0.3, 0.4) is 0 Å². The number of halogens is 2. The van der Waals surface area contributed by atoms with Crippen LogP contribution < -0.4 is 10.2 Å². The van der Waals surface area contributed by atoms with Gasteiger partial charge in [-0.25, -0.2) is 13.6 Å². The highest BCUT2D eigenvalue weighted by Crippen LogP contribution is 2.48. The second-order valence-corrected chi connectivity index (χ2v) is 8.09. The van der Waals surface area contributed by atoms with Crippen molar-refractivity contribution in [3.8, 4) is 0 Å². The van der Waals surface area contributed by atoms with Crippen LogP contribution in [0.5, 0.6) is 0 Å². The quantitative estimate of drug-likeness (QED) is 0.654. The van der Waals surface area contributed by atoms with Crippen LogP contribution in [0.1, 0.15) is 17.0 Å². The van der Waals surface area contributed by atoms with Crippen LogP contribution in [0, 0.1) is 11.6 Å². The molecule has 0 aliphatic carbocycles. The van der Waals surface area contributed by atoms with E-state index in [2.05, 4.69) is 15.2 Å². The maximum atomic E-state index is 14.1. The zero-order valence-electron chi connectivity index (χ0n) is 17.2. The summed E-state index contributed by atoms with van der Waals surface area (Å²) in [7, 11) is 0. The third-order valence-corrected chi connectivity index (χ3v) is 6.35. The van der Waals surface area contributed by atoms with Crippen LogP contribution in [0.25, 0.3) is 0 Å². The van der Waals surface area contributed by atoms with Gasteiger partial charge in [0, 0.05) is 55.2 Å². The first kappa shape index (κ1) is 20.5. The molecule has 3 atom stereocenters. The summed E-state index contributed by atoms with van der Waals surface area (Å²) < 4.78 is 27.7. The van der Waals surface area contributed by atoms with Crippen molar-refractivity contribution in [3.05, 3.63) is 89.8 Å². The molecule has 0 saturated carbocycles. The maximum absolute atomic E-state index is 14.1. The number of aromatic nitrogens is 1. The van der Waals surface area contributed by atoms with Crippen LogP contribution in [0.4, 0.5) is 25.0 Å². The molecule has 5 rings (SSSR count). The number of nitrogens with zero attached hydrogens (tertiary/aromatic N) is 3. The molecular formula is C24H22F2N4O2. The van der Waals surface area contributed by atoms with Crippen LogP contribution in [0.2, 0.25) is 0 Å². The van der Waals surface area contributed by atoms with Gasteiger partial charge in [-0.05, 0) is 41.5 Å². The summed E-state index contributed by atoms with van der Waals surface area (Å²) in [5, 5.41) is 12.6. The lowest BCUT2D eigenvalue weighted by Gasteiger charge is -2.59. The summed E-state index contributed by atoms with van der Waals surface area (Å²) in [5.74, 6) is -1.26. The average molecular weight is 436 g/mol. The monoisotopic (exact) mass is 436 g/mol. The maximum Gasteiger partial charge on any atom is 0.326 e. The molecule has 6 nitrogen and oxygen atoms in total. The fourth-order valence-corrected chi connectivity index (χ4v) is 4.87. The molecule has 3 heterocycles. The van der Waals surface area contributed by atoms with E-state index in [-0.39, 0.29) is 30.3 Å². The van der Waals surface area contributed by atoms with Gasteiger partial charge in [0.1, 0.15) is 11.6 Å². The van der Waals surface area contributed by atoms with E-state index in [1.165, 1.54) is 0 Å². The van der Waals surface area contributed by atoms with Gasteiger partial charge < -0.3 is 10.4 Å². The second-order valence-electron chi connectivity index (χ2n) is 8.09. The number of amides is 2. The van der Waals surface area contributed by atoms with E-state index in [1.54, 1.807) is 17.3 Å². The van der Waals surface area contributed by atoms with Gasteiger partial charge in [0.25, 0.3) is 0 Å². The van der Waals surface area contributed by atoms with E-state index in [4.69, 9.17) is 0 Å². The van der Waals surface area contributed by atoms with Gasteiger partial charge in [-0.2, -0.15) is 0 Å². The van der Waals surface area contributed by atoms with Gasteiger partial charge in [0.05, 0.1) is 12.3 Å². The zero-order chi connectivity index (χ0) is 22.2. The van der Waals surface area contributed by atoms with Gasteiger partial charge in [-0.15, -0.1) is 0 Å². The van der Waals surface area contributed by atoms with Crippen molar-refractivity contribution < 1.29 is 18.7 Å². The number of aliphatic hydroxyl groups is 1. The fraction of sp³-hybridized carbons (Fsp3) is 0.250. The smallest absolute Gasteiger partial charge is 0.326 e. The number of carbonyl (C=O) groups excluding carboxylic acids is 1. The Hall–Kier alpha value is -3.36. The molecule has 8 heteroatoms. The number of hydrogen-bond donors (Lipinski definition) is 2. The largest absolute Gasteiger partial charge is 0.395 e. The molecule has 3 aromatic rings. The minimum atomic E-state index is -0.703. The highest BCUT2D eigenvalue weighted by molar-refractivity contribution is 6.03. The third-order valence-electron chi connectivity index (χ3n) is 6.35. The molecule has 2 N–H and O–H groups in total. The molecule has 164 valence electrons. The first-order valence-corrected chi connectivity index (χ1v) is 10.4. The minimum absolute atomic E-state index is 0.00127. The lowest BCUT2D eigenvalue weighted by molar-refractivity contribution is -0.0484. The Morgan fingerprint density at radius 1 is 1.12 bits per heavy atom. The van der Waals surface area contributed by atoms with E-state index in [0.717, 1.165) is 29.3 Å². The normalized spacial score (nSPS) is 22.0. The van der Waals surface area contributed by atoms with Crippen LogP contribution in [-0.4, -0.2) is 46.3 Å². The van der Waals surface area contributed by atoms with E-state index in [1.807, 2.05) is 36.4 Å². The topological polar surface area (TPSA) is 68.7 Å². The van der Waals surface area contributed by atoms with Crippen molar-refractivity contribution in [1.82, 2.24) is 9.88 Å². The molecular weight excluding hydrogens is 414 g/mol. The molecule has 2 aliphatic rings. The van der Waals surface area contributed by atoms with Crippen molar-refractivity contribution in [2.45, 2.75) is 24.5 Å². The summed E-state index contributed by atoms with van der Waals surface area (Å²) in [6.07, 6.45) is 3.45. The Morgan fingerprint density at radius 3 is 2.69 bits per heavy atom. The third kappa shape index (κ3) is 3.51. The van der Waals surface area contributed by atoms with Gasteiger partial charge in [0.15, 0.2) is 0 Å². The molecule has 1 aromatic heterocycles. The Kier molecular flexibility index (Phi) is 5.32. The molecule has 1 saturated heterocycles. The standard InChI is InChI=1S/C24H22F2N4O2/c25-16-5-6-18(26)19(11-16)28-24(32)30-13-21-23(17-3-1-2-4-20(17)30)22(14-31)29(21)12-15-7-9-27-10-8-15/h1-11,21-23,31H,12-14H2,(H,28,32)/t21-,22-,23+/m1/s1. The molecule has 0 spiro atoms. The molecule has 2 aliphatic heterocycles. The minimum Gasteiger partial charge on any atom is -0.395 e. The molecule has 32 heavy (non-hydrogen) atoms. The number of para-hydroxylation sites is 1. The van der Waals surface area contributed by atoms with Gasteiger partial charge in [-0.3, -0.25) is 14.8 Å². The lowest BCUT2D eigenvalue weighted by Crippen LogP contribution is -2.69. The van der Waals surface area contributed by atoms with Gasteiger partial charge in [-0.1, -0.05) is 18.2 Å². The number of urea groups is 1. The van der Waals surface area contributed by atoms with Crippen molar-refractivity contribution in [2.75, 3.05) is 23.4 Å². The number of nitrogens with one attached hydrogen (secondary N) is 1. The number of carbonyl (C=O) groups is 1. The van der Waals surface area contributed by atoms with E-state index in [9.17, 15) is 18.7 Å². The predicted molar refractivity (Wildman–Crippen MR) is 116 cm³/mol. The van der Waals surface area contributed by atoms with Crippen molar-refractivity contribution >= 4 is 17.4 Å².